The quantitative estimate of drug-likeness (QED) is 0.905. The maximum atomic E-state index is 12.7. The first-order valence-corrected chi connectivity index (χ1v) is 9.31. The van der Waals surface area contributed by atoms with Crippen LogP contribution in [0.1, 0.15) is 46.0 Å². The summed E-state index contributed by atoms with van der Waals surface area (Å²) >= 11 is 0. The molecule has 0 saturated carbocycles. The highest BCUT2D eigenvalue weighted by molar-refractivity contribution is 7.89. The summed E-state index contributed by atoms with van der Waals surface area (Å²) in [6, 6.07) is 6.48. The van der Waals surface area contributed by atoms with Gasteiger partial charge in [-0.2, -0.15) is 4.31 Å². The number of anilines is 1. The van der Waals surface area contributed by atoms with Crippen LogP contribution < -0.4 is 5.32 Å². The maximum absolute atomic E-state index is 12.7. The van der Waals surface area contributed by atoms with E-state index in [9.17, 15) is 13.2 Å². The van der Waals surface area contributed by atoms with Gasteiger partial charge in [0.25, 0.3) is 0 Å². The zero-order chi connectivity index (χ0) is 16.2. The van der Waals surface area contributed by atoms with Gasteiger partial charge in [-0.25, -0.2) is 8.42 Å². The number of amides is 1. The molecule has 1 atom stereocenters. The molecule has 1 heterocycles. The zero-order valence-electron chi connectivity index (χ0n) is 13.2. The molecule has 1 N–H and O–H groups in total. The molecule has 122 valence electrons. The molecule has 0 spiro atoms. The number of piperidine rings is 1. The number of carbonyl (C=O) groups excluding carboxylic acids is 1. The molecule has 1 fully saturated rings. The van der Waals surface area contributed by atoms with Gasteiger partial charge < -0.3 is 5.32 Å². The van der Waals surface area contributed by atoms with Crippen molar-refractivity contribution >= 4 is 21.6 Å². The molecule has 0 aliphatic carbocycles. The third-order valence-corrected chi connectivity index (χ3v) is 5.99. The van der Waals surface area contributed by atoms with Crippen molar-refractivity contribution in [3.63, 3.8) is 0 Å². The van der Waals surface area contributed by atoms with Crippen LogP contribution in [-0.2, 0) is 14.8 Å². The number of hydrogen-bond acceptors (Lipinski definition) is 3. The number of carbonyl (C=O) groups is 1. The van der Waals surface area contributed by atoms with Gasteiger partial charge >= 0.3 is 0 Å². The fourth-order valence-corrected chi connectivity index (χ4v) is 4.42. The number of nitrogens with zero attached hydrogens (tertiary/aromatic N) is 1. The average molecular weight is 324 g/mol. The lowest BCUT2D eigenvalue weighted by molar-refractivity contribution is -0.116. The van der Waals surface area contributed by atoms with E-state index in [-0.39, 0.29) is 16.8 Å². The lowest BCUT2D eigenvalue weighted by atomic mass is 10.1. The van der Waals surface area contributed by atoms with E-state index in [0.717, 1.165) is 25.7 Å². The van der Waals surface area contributed by atoms with Crippen molar-refractivity contribution in [3.8, 4) is 0 Å². The van der Waals surface area contributed by atoms with E-state index in [1.54, 1.807) is 28.6 Å². The van der Waals surface area contributed by atoms with E-state index < -0.39 is 10.0 Å². The minimum Gasteiger partial charge on any atom is -0.326 e. The number of hydrogen-bond donors (Lipinski definition) is 1. The molecule has 1 saturated heterocycles. The summed E-state index contributed by atoms with van der Waals surface area (Å²) in [6.07, 6.45) is 4.14. The molecule has 1 aromatic rings. The molecule has 0 bridgehead atoms. The fourth-order valence-electron chi connectivity index (χ4n) is 2.73. The van der Waals surface area contributed by atoms with Crippen LogP contribution in [0.2, 0.25) is 0 Å². The topological polar surface area (TPSA) is 66.5 Å². The molecule has 1 aliphatic heterocycles. The van der Waals surface area contributed by atoms with Gasteiger partial charge in [0.2, 0.25) is 15.9 Å². The summed E-state index contributed by atoms with van der Waals surface area (Å²) in [6.45, 7) is 4.48. The van der Waals surface area contributed by atoms with Crippen LogP contribution in [0.5, 0.6) is 0 Å². The van der Waals surface area contributed by atoms with Crippen LogP contribution in [0.4, 0.5) is 5.69 Å². The molecular formula is C16H24N2O3S. The Morgan fingerprint density at radius 1 is 1.27 bits per heavy atom. The summed E-state index contributed by atoms with van der Waals surface area (Å²) in [5.74, 6) is -0.0530. The SMILES string of the molecule is CCCC(=O)Nc1ccc(S(=O)(=O)N2CCCC[C@H]2C)cc1. The van der Waals surface area contributed by atoms with Gasteiger partial charge in [-0.1, -0.05) is 13.3 Å². The second-order valence-electron chi connectivity index (χ2n) is 5.78. The van der Waals surface area contributed by atoms with E-state index >= 15 is 0 Å². The normalized spacial score (nSPS) is 19.8. The molecule has 2 rings (SSSR count). The summed E-state index contributed by atoms with van der Waals surface area (Å²) in [4.78, 5) is 11.8. The first-order valence-electron chi connectivity index (χ1n) is 7.87. The Labute approximate surface area is 132 Å². The third kappa shape index (κ3) is 3.87. The van der Waals surface area contributed by atoms with E-state index in [1.165, 1.54) is 0 Å². The lowest BCUT2D eigenvalue weighted by Crippen LogP contribution is -2.41. The van der Waals surface area contributed by atoms with Crippen molar-refractivity contribution in [3.05, 3.63) is 24.3 Å². The summed E-state index contributed by atoms with van der Waals surface area (Å²) in [5, 5.41) is 2.76. The van der Waals surface area contributed by atoms with Crippen molar-refractivity contribution in [2.75, 3.05) is 11.9 Å². The van der Waals surface area contributed by atoms with E-state index in [1.807, 2.05) is 13.8 Å². The van der Waals surface area contributed by atoms with Gasteiger partial charge in [0.1, 0.15) is 0 Å². The fraction of sp³-hybridized carbons (Fsp3) is 0.562. The minimum atomic E-state index is -3.45. The monoisotopic (exact) mass is 324 g/mol. The molecule has 22 heavy (non-hydrogen) atoms. The van der Waals surface area contributed by atoms with Crippen LogP contribution in [0, 0.1) is 0 Å². The molecule has 1 aromatic carbocycles. The summed E-state index contributed by atoms with van der Waals surface area (Å²) < 4.78 is 26.9. The third-order valence-electron chi connectivity index (χ3n) is 3.96. The average Bonchev–Trinajstić information content (AvgIpc) is 2.48. The van der Waals surface area contributed by atoms with Gasteiger partial charge in [0.15, 0.2) is 0 Å². The first kappa shape index (κ1) is 17.0. The number of benzene rings is 1. The molecular weight excluding hydrogens is 300 g/mol. The second kappa shape index (κ2) is 7.24. The highest BCUT2D eigenvalue weighted by Crippen LogP contribution is 2.25. The predicted molar refractivity (Wildman–Crippen MR) is 87.2 cm³/mol. The van der Waals surface area contributed by atoms with E-state index in [2.05, 4.69) is 5.32 Å². The van der Waals surface area contributed by atoms with Crippen LogP contribution in [0.3, 0.4) is 0 Å². The van der Waals surface area contributed by atoms with Crippen LogP contribution >= 0.6 is 0 Å². The summed E-state index contributed by atoms with van der Waals surface area (Å²) in [7, 11) is -3.45. The lowest BCUT2D eigenvalue weighted by Gasteiger charge is -2.32. The molecule has 0 unspecified atom stereocenters. The Morgan fingerprint density at radius 3 is 2.55 bits per heavy atom. The summed E-state index contributed by atoms with van der Waals surface area (Å²) in [5.41, 5.74) is 0.629. The Hall–Kier alpha value is -1.40. The van der Waals surface area contributed by atoms with Crippen LogP contribution in [-0.4, -0.2) is 31.2 Å². The van der Waals surface area contributed by atoms with E-state index in [4.69, 9.17) is 0 Å². The minimum absolute atomic E-state index is 0.0442. The molecule has 1 amide bonds. The van der Waals surface area contributed by atoms with Gasteiger partial charge in [-0.05, 0) is 50.5 Å². The van der Waals surface area contributed by atoms with E-state index in [0.29, 0.717) is 18.7 Å². The van der Waals surface area contributed by atoms with Gasteiger partial charge in [0, 0.05) is 24.7 Å². The number of rotatable bonds is 5. The van der Waals surface area contributed by atoms with Gasteiger partial charge in [0.05, 0.1) is 4.90 Å². The van der Waals surface area contributed by atoms with Crippen molar-refractivity contribution < 1.29 is 13.2 Å². The molecule has 0 radical (unpaired) electrons. The molecule has 5 nitrogen and oxygen atoms in total. The smallest absolute Gasteiger partial charge is 0.243 e. The number of sulfonamides is 1. The standard InChI is InChI=1S/C16H24N2O3S/c1-3-6-16(19)17-14-8-10-15(11-9-14)22(20,21)18-12-5-4-7-13(18)2/h8-11,13H,3-7,12H2,1-2H3,(H,17,19)/t13-/m1/s1. The van der Waals surface area contributed by atoms with Gasteiger partial charge in [-0.3, -0.25) is 4.79 Å². The molecule has 6 heteroatoms. The molecule has 0 aromatic heterocycles. The number of nitrogens with one attached hydrogen (secondary N) is 1. The maximum Gasteiger partial charge on any atom is 0.243 e. The Morgan fingerprint density at radius 2 is 1.95 bits per heavy atom. The molecule has 1 aliphatic rings. The second-order valence-corrected chi connectivity index (χ2v) is 7.67. The first-order chi connectivity index (χ1) is 10.4. The van der Waals surface area contributed by atoms with Crippen molar-refractivity contribution in [2.24, 2.45) is 0 Å². The Kier molecular flexibility index (Phi) is 5.58. The van der Waals surface area contributed by atoms with Crippen LogP contribution in [0.15, 0.2) is 29.2 Å². The highest BCUT2D eigenvalue weighted by atomic mass is 32.2. The predicted octanol–water partition coefficient (Wildman–Crippen LogP) is 2.99. The van der Waals surface area contributed by atoms with Crippen LogP contribution in [0.25, 0.3) is 0 Å². The highest BCUT2D eigenvalue weighted by Gasteiger charge is 2.30. The van der Waals surface area contributed by atoms with Crippen molar-refractivity contribution in [1.29, 1.82) is 0 Å². The van der Waals surface area contributed by atoms with Crippen molar-refractivity contribution in [1.82, 2.24) is 4.31 Å². The van der Waals surface area contributed by atoms with Gasteiger partial charge in [-0.15, -0.1) is 0 Å². The Balaban J connectivity index is 2.13. The largest absolute Gasteiger partial charge is 0.326 e. The zero-order valence-corrected chi connectivity index (χ0v) is 14.0. The Bertz CT molecular complexity index is 611. The van der Waals surface area contributed by atoms with Crippen molar-refractivity contribution in [2.45, 2.75) is 56.9 Å².